The Bertz CT molecular complexity index is 2160. The predicted octanol–water partition coefficient (Wildman–Crippen LogP) is 8.17. The van der Waals surface area contributed by atoms with Crippen LogP contribution in [0, 0.1) is 0 Å². The summed E-state index contributed by atoms with van der Waals surface area (Å²) in [5, 5.41) is 26.6. The lowest BCUT2D eigenvalue weighted by atomic mass is 10.2. The second kappa shape index (κ2) is 21.1. The molecular formula is C42H48N4O10. The monoisotopic (exact) mass is 768 g/mol. The molecule has 0 amide bonds. The Morgan fingerprint density at radius 3 is 1.75 bits per heavy atom. The van der Waals surface area contributed by atoms with E-state index in [-0.39, 0.29) is 19.4 Å². The fourth-order valence-corrected chi connectivity index (χ4v) is 6.16. The maximum atomic E-state index is 11.4. The molecule has 0 unspecified atom stereocenters. The Hall–Kier alpha value is -6.15. The van der Waals surface area contributed by atoms with Gasteiger partial charge in [-0.3, -0.25) is 14.4 Å². The highest BCUT2D eigenvalue weighted by Crippen LogP contribution is 2.30. The highest BCUT2D eigenvalue weighted by atomic mass is 16.5. The van der Waals surface area contributed by atoms with Gasteiger partial charge in [0.15, 0.2) is 11.6 Å². The van der Waals surface area contributed by atoms with E-state index in [1.165, 1.54) is 0 Å². The zero-order valence-corrected chi connectivity index (χ0v) is 31.5. The number of fused-ring (bicyclic) bond motifs is 2. The van der Waals surface area contributed by atoms with Crippen LogP contribution in [0.1, 0.15) is 57.8 Å². The number of hydrogen-bond acceptors (Lipinski definition) is 9. The highest BCUT2D eigenvalue weighted by Gasteiger charge is 2.17. The van der Waals surface area contributed by atoms with E-state index in [1.54, 1.807) is 24.0 Å². The molecule has 0 spiro atoms. The van der Waals surface area contributed by atoms with E-state index in [0.29, 0.717) is 55.3 Å². The molecule has 14 nitrogen and oxygen atoms in total. The Balaban J connectivity index is 0.000000214. The third-order valence-corrected chi connectivity index (χ3v) is 8.84. The Morgan fingerprint density at radius 2 is 1.21 bits per heavy atom. The van der Waals surface area contributed by atoms with Crippen molar-refractivity contribution in [3.05, 3.63) is 85.1 Å². The number of aryl methyl sites for hydroxylation is 1. The highest BCUT2D eigenvalue weighted by molar-refractivity contribution is 5.84. The molecule has 0 atom stereocenters. The summed E-state index contributed by atoms with van der Waals surface area (Å²) >= 11 is 0. The summed E-state index contributed by atoms with van der Waals surface area (Å²) in [6.45, 7) is 2.28. The predicted molar refractivity (Wildman–Crippen MR) is 210 cm³/mol. The molecule has 0 aliphatic heterocycles. The fourth-order valence-electron chi connectivity index (χ4n) is 6.16. The number of carbonyl (C=O) groups is 3. The molecule has 0 bridgehead atoms. The van der Waals surface area contributed by atoms with Gasteiger partial charge in [0, 0.05) is 50.8 Å². The summed E-state index contributed by atoms with van der Waals surface area (Å²) in [4.78, 5) is 41.8. The van der Waals surface area contributed by atoms with Crippen LogP contribution in [0.15, 0.2) is 89.5 Å². The van der Waals surface area contributed by atoms with Crippen LogP contribution in [0.5, 0.6) is 11.5 Å². The number of benzene rings is 3. The van der Waals surface area contributed by atoms with E-state index in [0.717, 1.165) is 72.6 Å². The lowest BCUT2D eigenvalue weighted by molar-refractivity contribution is -0.138. The third-order valence-electron chi connectivity index (χ3n) is 8.84. The van der Waals surface area contributed by atoms with Gasteiger partial charge in [-0.25, -0.2) is 9.97 Å². The summed E-state index contributed by atoms with van der Waals surface area (Å²) in [6, 6.07) is 24.5. The summed E-state index contributed by atoms with van der Waals surface area (Å²) in [5.74, 6) is 1.07. The molecule has 14 heteroatoms. The number of aromatic nitrogens is 4. The van der Waals surface area contributed by atoms with Crippen molar-refractivity contribution in [1.82, 2.24) is 19.1 Å². The van der Waals surface area contributed by atoms with Crippen molar-refractivity contribution >= 4 is 40.0 Å². The number of ether oxygens (including phenoxy) is 3. The van der Waals surface area contributed by atoms with Gasteiger partial charge in [-0.1, -0.05) is 30.3 Å². The molecule has 0 aliphatic rings. The van der Waals surface area contributed by atoms with Crippen LogP contribution in [-0.2, 0) is 32.2 Å². The number of carboxylic acids is 3. The van der Waals surface area contributed by atoms with Gasteiger partial charge >= 0.3 is 17.9 Å². The number of methoxy groups -OCH3 is 1. The third kappa shape index (κ3) is 11.9. The molecule has 3 heterocycles. The second-order valence-corrected chi connectivity index (χ2v) is 13.1. The van der Waals surface area contributed by atoms with Crippen molar-refractivity contribution in [2.75, 3.05) is 26.9 Å². The minimum atomic E-state index is -0.943. The number of carboxylic acid groups (broad SMARTS) is 3. The number of aliphatic carboxylic acids is 3. The fraction of sp³-hybridized carbons (Fsp3) is 0.357. The van der Waals surface area contributed by atoms with Crippen LogP contribution in [0.3, 0.4) is 0 Å². The van der Waals surface area contributed by atoms with Gasteiger partial charge in [0.05, 0.1) is 41.5 Å². The largest absolute Gasteiger partial charge is 0.494 e. The van der Waals surface area contributed by atoms with E-state index in [9.17, 15) is 19.5 Å². The first kappa shape index (κ1) is 41.0. The van der Waals surface area contributed by atoms with Crippen LogP contribution in [0.25, 0.3) is 45.0 Å². The van der Waals surface area contributed by atoms with Crippen molar-refractivity contribution in [3.63, 3.8) is 0 Å². The lowest BCUT2D eigenvalue weighted by Crippen LogP contribution is -2.10. The minimum Gasteiger partial charge on any atom is -0.494 e. The first-order chi connectivity index (χ1) is 27.2. The molecule has 3 aromatic heterocycles. The number of rotatable bonds is 22. The summed E-state index contributed by atoms with van der Waals surface area (Å²) in [5.41, 5.74) is 4.13. The molecule has 296 valence electrons. The molecule has 6 rings (SSSR count). The molecule has 3 aromatic carbocycles. The first-order valence-corrected chi connectivity index (χ1v) is 18.7. The van der Waals surface area contributed by atoms with Crippen LogP contribution >= 0.6 is 0 Å². The molecular weight excluding hydrogens is 720 g/mol. The van der Waals surface area contributed by atoms with Gasteiger partial charge in [-0.05, 0) is 81.3 Å². The van der Waals surface area contributed by atoms with Gasteiger partial charge < -0.3 is 43.1 Å². The van der Waals surface area contributed by atoms with Crippen LogP contribution in [0.4, 0.5) is 0 Å². The second-order valence-electron chi connectivity index (χ2n) is 13.1. The van der Waals surface area contributed by atoms with E-state index in [1.807, 2.05) is 72.8 Å². The van der Waals surface area contributed by atoms with Crippen LogP contribution < -0.4 is 9.47 Å². The van der Waals surface area contributed by atoms with Gasteiger partial charge in [0.1, 0.15) is 23.9 Å². The first-order valence-electron chi connectivity index (χ1n) is 18.7. The van der Waals surface area contributed by atoms with E-state index in [2.05, 4.69) is 9.55 Å². The number of furan rings is 1. The minimum absolute atomic E-state index is 0.169. The average molecular weight is 769 g/mol. The number of nitrogens with zero attached hydrogens (tertiary/aromatic N) is 4. The van der Waals surface area contributed by atoms with Gasteiger partial charge in [-0.15, -0.1) is 0 Å². The quantitative estimate of drug-likeness (QED) is 0.0563. The molecule has 56 heavy (non-hydrogen) atoms. The number of imidazole rings is 2. The number of unbranched alkanes of at least 4 members (excludes halogenated alkanes) is 4. The lowest BCUT2D eigenvalue weighted by Gasteiger charge is -2.09. The van der Waals surface area contributed by atoms with Gasteiger partial charge in [-0.2, -0.15) is 0 Å². The van der Waals surface area contributed by atoms with Crippen molar-refractivity contribution < 1.29 is 48.3 Å². The Labute approximate surface area is 324 Å². The maximum absolute atomic E-state index is 11.4. The van der Waals surface area contributed by atoms with E-state index < -0.39 is 17.9 Å². The molecule has 0 saturated heterocycles. The Kier molecular flexibility index (Phi) is 15.4. The van der Waals surface area contributed by atoms with Crippen molar-refractivity contribution in [3.8, 4) is 34.5 Å². The molecule has 6 aromatic rings. The molecule has 0 fully saturated rings. The standard InChI is InChI=1S/C21H26N2O5.C21H22N2O5/c1-26-12-6-11-23-18-15-16(27-13-4-2-3-8-20(24)25)9-10-17(18)22-21(23)19-7-5-14-28-19;24-19(25)9-5-2-6-12-28-16-10-11-17-18(13-16)23(14-20(26)27)21(22-17)15-7-3-1-4-8-15/h5,7,9-10,14-15H,2-4,6,8,11-13H2,1H3,(H,24,25);1,3-4,7-8,10-11,13H,2,5-6,9,12,14H2,(H,24,25)(H,26,27). The molecule has 3 N–H and O–H groups in total. The summed E-state index contributed by atoms with van der Waals surface area (Å²) in [7, 11) is 1.70. The van der Waals surface area contributed by atoms with Crippen LogP contribution in [-0.4, -0.2) is 79.3 Å². The molecule has 0 aliphatic carbocycles. The zero-order chi connectivity index (χ0) is 39.7. The Morgan fingerprint density at radius 1 is 0.625 bits per heavy atom. The summed E-state index contributed by atoms with van der Waals surface area (Å²) in [6.07, 6.45) is 7.41. The zero-order valence-electron chi connectivity index (χ0n) is 31.5. The van der Waals surface area contributed by atoms with Gasteiger partial charge in [0.25, 0.3) is 0 Å². The number of hydrogen-bond donors (Lipinski definition) is 3. The van der Waals surface area contributed by atoms with Crippen molar-refractivity contribution in [2.45, 2.75) is 70.9 Å². The molecule has 0 saturated carbocycles. The smallest absolute Gasteiger partial charge is 0.323 e. The van der Waals surface area contributed by atoms with Gasteiger partial charge in [0.2, 0.25) is 0 Å². The molecule has 0 radical (unpaired) electrons. The maximum Gasteiger partial charge on any atom is 0.323 e. The van der Waals surface area contributed by atoms with E-state index >= 15 is 0 Å². The van der Waals surface area contributed by atoms with Crippen LogP contribution in [0.2, 0.25) is 0 Å². The van der Waals surface area contributed by atoms with E-state index in [4.69, 9.17) is 33.8 Å². The average Bonchev–Trinajstić information content (AvgIpc) is 3.93. The van der Waals surface area contributed by atoms with Crippen molar-refractivity contribution in [1.29, 1.82) is 0 Å². The summed E-state index contributed by atoms with van der Waals surface area (Å²) < 4.78 is 26.2. The van der Waals surface area contributed by atoms with Crippen molar-refractivity contribution in [2.24, 2.45) is 0 Å². The normalized spacial score (nSPS) is 11.0. The topological polar surface area (TPSA) is 188 Å². The SMILES string of the molecule is COCCCn1c(-c2ccco2)nc2ccc(OCCCCCC(=O)O)cc21.O=C(O)CCCCCOc1ccc2nc(-c3ccccc3)n(CC(=O)O)c2c1.